The maximum Gasteiger partial charge on any atom is 0.261 e. The number of carbonyl (C=O) groups is 1. The molecule has 9 heteroatoms. The molecule has 1 aromatic carbocycles. The number of nitrogens with zero attached hydrogens (tertiary/aromatic N) is 3. The van der Waals surface area contributed by atoms with Crippen LogP contribution in [0.25, 0.3) is 22.7 Å². The van der Waals surface area contributed by atoms with Crippen molar-refractivity contribution >= 4 is 34.3 Å². The normalized spacial score (nSPS) is 16.4. The molecule has 31 heavy (non-hydrogen) atoms. The molecule has 9 nitrogen and oxygen atoms in total. The summed E-state index contributed by atoms with van der Waals surface area (Å²) < 4.78 is 0. The summed E-state index contributed by atoms with van der Waals surface area (Å²) in [4.78, 5) is 29.4. The summed E-state index contributed by atoms with van der Waals surface area (Å²) in [5.41, 5.74) is 3.48. The quantitative estimate of drug-likeness (QED) is 0.420. The topological polar surface area (TPSA) is 131 Å². The number of H-pyrrole nitrogens is 1. The van der Waals surface area contributed by atoms with E-state index in [9.17, 15) is 4.79 Å². The Morgan fingerprint density at radius 1 is 1.26 bits per heavy atom. The number of hydrogen-bond acceptors (Lipinski definition) is 7. The Morgan fingerprint density at radius 2 is 2.03 bits per heavy atom. The molecule has 0 unspecified atom stereocenters. The van der Waals surface area contributed by atoms with Crippen LogP contribution in [0.2, 0.25) is 0 Å². The van der Waals surface area contributed by atoms with Crippen LogP contribution in [0.15, 0.2) is 60.8 Å². The van der Waals surface area contributed by atoms with E-state index in [0.29, 0.717) is 28.6 Å². The molecule has 0 aliphatic carbocycles. The maximum absolute atomic E-state index is 13.1. The summed E-state index contributed by atoms with van der Waals surface area (Å²) in [5.74, 6) is 0.544. The van der Waals surface area contributed by atoms with E-state index in [2.05, 4.69) is 42.5 Å². The highest BCUT2D eigenvalue weighted by atomic mass is 16.1. The summed E-state index contributed by atoms with van der Waals surface area (Å²) in [5, 5.41) is 17.5. The number of nitrogens with one attached hydrogen (secondary N) is 5. The van der Waals surface area contributed by atoms with Gasteiger partial charge in [0.05, 0.1) is 28.5 Å². The van der Waals surface area contributed by atoms with Crippen molar-refractivity contribution in [1.29, 1.82) is 5.41 Å². The predicted molar refractivity (Wildman–Crippen MR) is 120 cm³/mol. The van der Waals surface area contributed by atoms with E-state index in [4.69, 9.17) is 5.41 Å². The molecular weight excluding hydrogens is 392 g/mol. The summed E-state index contributed by atoms with van der Waals surface area (Å²) in [6.45, 7) is 5.66. The van der Waals surface area contributed by atoms with E-state index < -0.39 is 0 Å². The van der Waals surface area contributed by atoms with Crippen molar-refractivity contribution in [2.45, 2.75) is 13.0 Å². The van der Waals surface area contributed by atoms with Crippen molar-refractivity contribution in [3.63, 3.8) is 0 Å². The minimum atomic E-state index is -0.371. The third kappa shape index (κ3) is 3.80. The highest BCUT2D eigenvalue weighted by Gasteiger charge is 2.32. The molecule has 5 N–H and O–H groups in total. The lowest BCUT2D eigenvalue weighted by Gasteiger charge is -2.26. The van der Waals surface area contributed by atoms with Gasteiger partial charge in [-0.15, -0.1) is 0 Å². The molecular formula is C22H22N8O. The second kappa shape index (κ2) is 8.23. The summed E-state index contributed by atoms with van der Waals surface area (Å²) in [6.07, 6.45) is 6.61. The first-order valence-corrected chi connectivity index (χ1v) is 9.70. The monoisotopic (exact) mass is 414 g/mol. The number of imidazole rings is 1. The number of hydrogen-bond donors (Lipinski definition) is 5. The molecule has 1 amide bonds. The molecule has 1 aliphatic heterocycles. The minimum Gasteiger partial charge on any atom is -0.392 e. The van der Waals surface area contributed by atoms with E-state index in [0.717, 1.165) is 11.1 Å². The van der Waals surface area contributed by atoms with Gasteiger partial charge in [0.2, 0.25) is 0 Å². The summed E-state index contributed by atoms with van der Waals surface area (Å²) >= 11 is 0. The lowest BCUT2D eigenvalue weighted by Crippen LogP contribution is -2.41. The van der Waals surface area contributed by atoms with Crippen LogP contribution < -0.4 is 16.0 Å². The minimum absolute atomic E-state index is 0.124. The maximum atomic E-state index is 13.1. The lowest BCUT2D eigenvalue weighted by molar-refractivity contribution is -0.115. The van der Waals surface area contributed by atoms with Gasteiger partial charge in [-0.1, -0.05) is 18.7 Å². The van der Waals surface area contributed by atoms with Gasteiger partial charge in [-0.2, -0.15) is 0 Å². The van der Waals surface area contributed by atoms with Crippen molar-refractivity contribution in [3.05, 3.63) is 78.0 Å². The molecule has 156 valence electrons. The smallest absolute Gasteiger partial charge is 0.261 e. The third-order valence-electron chi connectivity index (χ3n) is 4.85. The first-order chi connectivity index (χ1) is 15.0. The first-order valence-electron chi connectivity index (χ1n) is 9.70. The molecule has 1 aliphatic rings. The molecule has 2 aromatic heterocycles. The van der Waals surface area contributed by atoms with Gasteiger partial charge >= 0.3 is 0 Å². The first kappa shape index (κ1) is 20.0. The second-order valence-corrected chi connectivity index (χ2v) is 6.96. The highest BCUT2D eigenvalue weighted by molar-refractivity contribution is 6.33. The molecule has 0 fully saturated rings. The van der Waals surface area contributed by atoms with Crippen molar-refractivity contribution in [2.75, 3.05) is 7.05 Å². The zero-order chi connectivity index (χ0) is 22.0. The van der Waals surface area contributed by atoms with Gasteiger partial charge < -0.3 is 20.9 Å². The van der Waals surface area contributed by atoms with Crippen LogP contribution in [-0.2, 0) is 4.79 Å². The number of rotatable bonds is 6. The fraction of sp³-hybridized carbons (Fsp3) is 0.136. The van der Waals surface area contributed by atoms with Crippen molar-refractivity contribution in [3.8, 4) is 0 Å². The van der Waals surface area contributed by atoms with Crippen LogP contribution in [0, 0.1) is 5.41 Å². The average molecular weight is 414 g/mol. The van der Waals surface area contributed by atoms with Gasteiger partial charge in [-0.25, -0.2) is 15.0 Å². The van der Waals surface area contributed by atoms with Gasteiger partial charge in [0.15, 0.2) is 0 Å². The van der Waals surface area contributed by atoms with Crippen LogP contribution in [0.5, 0.6) is 0 Å². The van der Waals surface area contributed by atoms with Gasteiger partial charge in [0.25, 0.3) is 5.91 Å². The van der Waals surface area contributed by atoms with Crippen molar-refractivity contribution < 1.29 is 4.79 Å². The predicted octanol–water partition coefficient (Wildman–Crippen LogP) is 2.27. The zero-order valence-electron chi connectivity index (χ0n) is 17.2. The molecule has 0 radical (unpaired) electrons. The van der Waals surface area contributed by atoms with Gasteiger partial charge in [-0.05, 0) is 30.7 Å². The fourth-order valence-corrected chi connectivity index (χ4v) is 3.33. The van der Waals surface area contributed by atoms with Crippen LogP contribution in [0.1, 0.15) is 30.2 Å². The van der Waals surface area contributed by atoms with Gasteiger partial charge in [-0.3, -0.25) is 10.2 Å². The molecule has 4 rings (SSSR count). The van der Waals surface area contributed by atoms with E-state index >= 15 is 0 Å². The van der Waals surface area contributed by atoms with E-state index in [1.54, 1.807) is 37.8 Å². The second-order valence-electron chi connectivity index (χ2n) is 6.96. The molecule has 1 atom stereocenters. The molecule has 3 aromatic rings. The third-order valence-corrected chi connectivity index (χ3v) is 4.85. The average Bonchev–Trinajstić information content (AvgIpc) is 3.20. The summed E-state index contributed by atoms with van der Waals surface area (Å²) in [6, 6.07) is 7.06. The summed E-state index contributed by atoms with van der Waals surface area (Å²) in [7, 11) is 1.70. The molecule has 0 saturated carbocycles. The largest absolute Gasteiger partial charge is 0.392 e. The van der Waals surface area contributed by atoms with Gasteiger partial charge in [0.1, 0.15) is 22.9 Å². The van der Waals surface area contributed by atoms with E-state index in [-0.39, 0.29) is 23.2 Å². The van der Waals surface area contributed by atoms with Crippen LogP contribution in [-0.4, -0.2) is 38.6 Å². The highest BCUT2D eigenvalue weighted by Crippen LogP contribution is 2.26. The Bertz CT molecular complexity index is 1240. The SMILES string of the molecule is C=Cc1ccc2nc(C3=C(N[C@@H](C)c4ncccn4)C(=N)/C(=C\NC)NC3=O)[nH]c2c1. The molecule has 0 bridgehead atoms. The number of benzene rings is 1. The van der Waals surface area contributed by atoms with E-state index in [1.165, 1.54) is 0 Å². The van der Waals surface area contributed by atoms with Gasteiger partial charge in [0, 0.05) is 25.6 Å². The van der Waals surface area contributed by atoms with Crippen molar-refractivity contribution in [2.24, 2.45) is 0 Å². The Morgan fingerprint density at radius 3 is 2.74 bits per heavy atom. The lowest BCUT2D eigenvalue weighted by atomic mass is 10.0. The van der Waals surface area contributed by atoms with Crippen LogP contribution in [0.3, 0.4) is 0 Å². The Kier molecular flexibility index (Phi) is 5.31. The molecule has 0 spiro atoms. The Labute approximate surface area is 178 Å². The number of aromatic nitrogens is 4. The number of carbonyl (C=O) groups excluding carboxylic acids is 1. The Hall–Kier alpha value is -4.27. The zero-order valence-corrected chi connectivity index (χ0v) is 17.2. The number of amides is 1. The standard InChI is InChI=1S/C22H22N8O/c1-4-13-6-7-14-15(10-13)29-21(28-14)17-19(18(23)16(11-24-3)30-22(17)31)27-12(2)20-25-8-5-9-26-20/h4-12,23-24,27H,1H2,2-3H3,(H,28,29)(H,30,31)/b16-11+,23-18?/t12-/m0/s1. The number of fused-ring (bicyclic) bond motifs is 1. The van der Waals surface area contributed by atoms with E-state index in [1.807, 2.05) is 25.1 Å². The molecule has 3 heterocycles. The van der Waals surface area contributed by atoms with Crippen molar-refractivity contribution in [1.82, 2.24) is 35.9 Å². The Balaban J connectivity index is 1.84. The molecule has 0 saturated heterocycles. The van der Waals surface area contributed by atoms with Crippen LogP contribution >= 0.6 is 0 Å². The number of aromatic amines is 1. The fourth-order valence-electron chi connectivity index (χ4n) is 3.33. The van der Waals surface area contributed by atoms with Crippen LogP contribution in [0.4, 0.5) is 0 Å².